The second-order valence-corrected chi connectivity index (χ2v) is 3.28. The second-order valence-electron chi connectivity index (χ2n) is 3.28. The predicted molar refractivity (Wildman–Crippen MR) is 55.2 cm³/mol. The van der Waals surface area contributed by atoms with Crippen LogP contribution in [0.3, 0.4) is 0 Å². The molecule has 1 aromatic heterocycles. The topological polar surface area (TPSA) is 70.7 Å². The maximum absolute atomic E-state index is 11.2. The summed E-state index contributed by atoms with van der Waals surface area (Å²) in [7, 11) is 0. The van der Waals surface area contributed by atoms with Gasteiger partial charge in [-0.3, -0.25) is 0 Å². The van der Waals surface area contributed by atoms with Crippen molar-refractivity contribution in [2.24, 2.45) is 0 Å². The maximum atomic E-state index is 11.2. The Morgan fingerprint density at radius 2 is 2.00 bits per heavy atom. The fourth-order valence-electron chi connectivity index (χ4n) is 1.62. The van der Waals surface area contributed by atoms with E-state index in [2.05, 4.69) is 0 Å². The van der Waals surface area contributed by atoms with Crippen LogP contribution in [0.2, 0.25) is 0 Å². The van der Waals surface area contributed by atoms with E-state index in [1.165, 1.54) is 18.2 Å². The highest BCUT2D eigenvalue weighted by Crippen LogP contribution is 2.31. The molecule has 0 fully saturated rings. The highest BCUT2D eigenvalue weighted by molar-refractivity contribution is 5.87. The number of aryl methyl sites for hydroxylation is 1. The third kappa shape index (κ3) is 1.54. The molecule has 0 spiro atoms. The van der Waals surface area contributed by atoms with Gasteiger partial charge in [0.25, 0.3) is 0 Å². The molecule has 4 heteroatoms. The van der Waals surface area contributed by atoms with Gasteiger partial charge in [0, 0.05) is 18.2 Å². The van der Waals surface area contributed by atoms with E-state index >= 15 is 0 Å². The van der Waals surface area contributed by atoms with E-state index in [9.17, 15) is 15.0 Å². The van der Waals surface area contributed by atoms with Gasteiger partial charge in [-0.05, 0) is 12.0 Å². The molecule has 0 unspecified atom stereocenters. The molecule has 0 aliphatic heterocycles. The summed E-state index contributed by atoms with van der Waals surface area (Å²) in [5.41, 5.74) is 0.431. The lowest BCUT2D eigenvalue weighted by atomic mass is 10.1. The lowest BCUT2D eigenvalue weighted by Crippen LogP contribution is -1.99. The highest BCUT2D eigenvalue weighted by atomic mass is 16.4. The zero-order valence-corrected chi connectivity index (χ0v) is 8.15. The fourth-order valence-corrected chi connectivity index (χ4v) is 1.62. The minimum absolute atomic E-state index is 0.0781. The number of phenols is 2. The normalized spacial score (nSPS) is 10.7. The van der Waals surface area contributed by atoms with Crippen molar-refractivity contribution in [3.05, 3.63) is 34.2 Å². The predicted octanol–water partition coefficient (Wildman–Crippen LogP) is 1.77. The first kappa shape index (κ1) is 9.58. The van der Waals surface area contributed by atoms with Gasteiger partial charge < -0.3 is 14.6 Å². The molecule has 2 aromatic rings. The van der Waals surface area contributed by atoms with E-state index in [1.807, 2.05) is 6.92 Å². The van der Waals surface area contributed by atoms with Gasteiger partial charge in [0.2, 0.25) is 0 Å². The fraction of sp³-hybridized carbons (Fsp3) is 0.182. The summed E-state index contributed by atoms with van der Waals surface area (Å²) in [5, 5.41) is 19.4. The van der Waals surface area contributed by atoms with Crippen LogP contribution in [-0.2, 0) is 6.42 Å². The Kier molecular flexibility index (Phi) is 2.11. The molecule has 1 heterocycles. The van der Waals surface area contributed by atoms with Crippen molar-refractivity contribution >= 4 is 11.0 Å². The first-order valence-electron chi connectivity index (χ1n) is 4.60. The van der Waals surface area contributed by atoms with Crippen LogP contribution in [0.25, 0.3) is 11.0 Å². The summed E-state index contributed by atoms with van der Waals surface area (Å²) >= 11 is 0. The highest BCUT2D eigenvalue weighted by Gasteiger charge is 2.10. The number of aromatic hydroxyl groups is 2. The summed E-state index contributed by atoms with van der Waals surface area (Å²) in [6, 6.07) is 3.89. The number of phenolic OH excluding ortho intramolecular Hbond substituents is 2. The van der Waals surface area contributed by atoms with Crippen LogP contribution in [0.15, 0.2) is 27.4 Å². The van der Waals surface area contributed by atoms with E-state index in [-0.39, 0.29) is 17.1 Å². The summed E-state index contributed by atoms with van der Waals surface area (Å²) in [4.78, 5) is 11.2. The average Bonchev–Trinajstić information content (AvgIpc) is 2.14. The van der Waals surface area contributed by atoms with Crippen molar-refractivity contribution < 1.29 is 14.6 Å². The average molecular weight is 206 g/mol. The van der Waals surface area contributed by atoms with Crippen LogP contribution in [0.4, 0.5) is 0 Å². The van der Waals surface area contributed by atoms with Crippen molar-refractivity contribution in [1.82, 2.24) is 0 Å². The summed E-state index contributed by atoms with van der Waals surface area (Å²) < 4.78 is 4.89. The van der Waals surface area contributed by atoms with Crippen LogP contribution < -0.4 is 5.63 Å². The van der Waals surface area contributed by atoms with Crippen molar-refractivity contribution in [3.8, 4) is 11.5 Å². The van der Waals surface area contributed by atoms with Gasteiger partial charge in [0.15, 0.2) is 0 Å². The Morgan fingerprint density at radius 1 is 1.27 bits per heavy atom. The van der Waals surface area contributed by atoms with E-state index in [4.69, 9.17) is 4.42 Å². The Balaban J connectivity index is 2.96. The first-order valence-corrected chi connectivity index (χ1v) is 4.60. The molecule has 2 N–H and O–H groups in total. The van der Waals surface area contributed by atoms with Crippen LogP contribution >= 0.6 is 0 Å². The number of hydrogen-bond donors (Lipinski definition) is 2. The minimum atomic E-state index is -0.482. The largest absolute Gasteiger partial charge is 0.508 e. The lowest BCUT2D eigenvalue weighted by Gasteiger charge is -2.05. The molecule has 0 aliphatic rings. The number of hydrogen-bond acceptors (Lipinski definition) is 4. The van der Waals surface area contributed by atoms with Crippen LogP contribution in [-0.4, -0.2) is 10.2 Å². The van der Waals surface area contributed by atoms with E-state index in [0.29, 0.717) is 17.4 Å². The van der Waals surface area contributed by atoms with Gasteiger partial charge >= 0.3 is 5.63 Å². The molecule has 0 saturated carbocycles. The maximum Gasteiger partial charge on any atom is 0.336 e. The monoisotopic (exact) mass is 206 g/mol. The SMILES string of the molecule is CCc1cc(=O)oc2cc(O)cc(O)c12. The summed E-state index contributed by atoms with van der Waals surface area (Å²) in [6.45, 7) is 1.88. The standard InChI is InChI=1S/C11H10O4/c1-2-6-3-10(14)15-9-5-7(12)4-8(13)11(6)9/h3-5,12-13H,2H2,1H3. The molecule has 0 bridgehead atoms. The quantitative estimate of drug-likeness (QED) is 0.697. The van der Waals surface area contributed by atoms with Crippen LogP contribution in [0.1, 0.15) is 12.5 Å². The summed E-state index contributed by atoms with van der Waals surface area (Å²) in [5.74, 6) is -0.206. The minimum Gasteiger partial charge on any atom is -0.508 e. The number of rotatable bonds is 1. The molecular formula is C11H10O4. The first-order chi connectivity index (χ1) is 7.11. The Labute approximate surface area is 85.4 Å². The van der Waals surface area contributed by atoms with Gasteiger partial charge in [-0.25, -0.2) is 4.79 Å². The van der Waals surface area contributed by atoms with Crippen molar-refractivity contribution in [3.63, 3.8) is 0 Å². The zero-order valence-electron chi connectivity index (χ0n) is 8.15. The molecule has 4 nitrogen and oxygen atoms in total. The van der Waals surface area contributed by atoms with Crippen molar-refractivity contribution in [2.75, 3.05) is 0 Å². The zero-order chi connectivity index (χ0) is 11.0. The second kappa shape index (κ2) is 3.31. The van der Waals surface area contributed by atoms with Gasteiger partial charge in [0.05, 0.1) is 5.39 Å². The van der Waals surface area contributed by atoms with Gasteiger partial charge in [-0.1, -0.05) is 6.92 Å². The molecule has 0 saturated heterocycles. The van der Waals surface area contributed by atoms with Gasteiger partial charge in [-0.2, -0.15) is 0 Å². The molecule has 15 heavy (non-hydrogen) atoms. The van der Waals surface area contributed by atoms with Crippen molar-refractivity contribution in [2.45, 2.75) is 13.3 Å². The van der Waals surface area contributed by atoms with E-state index < -0.39 is 5.63 Å². The molecule has 1 aromatic carbocycles. The van der Waals surface area contributed by atoms with Crippen molar-refractivity contribution in [1.29, 1.82) is 0 Å². The van der Waals surface area contributed by atoms with Gasteiger partial charge in [-0.15, -0.1) is 0 Å². The van der Waals surface area contributed by atoms with E-state index in [0.717, 1.165) is 0 Å². The molecule has 0 amide bonds. The molecule has 0 radical (unpaired) electrons. The molecular weight excluding hydrogens is 196 g/mol. The Morgan fingerprint density at radius 3 is 2.67 bits per heavy atom. The van der Waals surface area contributed by atoms with Crippen LogP contribution in [0.5, 0.6) is 11.5 Å². The smallest absolute Gasteiger partial charge is 0.336 e. The number of benzene rings is 1. The Bertz CT molecular complexity index is 569. The van der Waals surface area contributed by atoms with Crippen LogP contribution in [0, 0.1) is 0 Å². The van der Waals surface area contributed by atoms with E-state index in [1.54, 1.807) is 0 Å². The third-order valence-corrected chi connectivity index (χ3v) is 2.27. The molecule has 2 rings (SSSR count). The number of fused-ring (bicyclic) bond motifs is 1. The molecule has 0 aliphatic carbocycles. The third-order valence-electron chi connectivity index (χ3n) is 2.27. The van der Waals surface area contributed by atoms with Gasteiger partial charge in [0.1, 0.15) is 17.1 Å². The lowest BCUT2D eigenvalue weighted by molar-refractivity contribution is 0.451. The Hall–Kier alpha value is -1.97. The molecule has 78 valence electrons. The molecule has 0 atom stereocenters. The summed E-state index contributed by atoms with van der Waals surface area (Å²) in [6.07, 6.45) is 0.612.